The zero-order valence-electron chi connectivity index (χ0n) is 8.31. The molecule has 1 rings (SSSR count). The second kappa shape index (κ2) is 4.88. The van der Waals surface area contributed by atoms with Gasteiger partial charge in [-0.1, -0.05) is 29.8 Å². The normalized spacial score (nSPS) is 13.9. The van der Waals surface area contributed by atoms with E-state index in [1.807, 2.05) is 30.5 Å². The minimum absolute atomic E-state index is 0.0919. The lowest BCUT2D eigenvalue weighted by Gasteiger charge is -2.20. The quantitative estimate of drug-likeness (QED) is 0.476. The highest BCUT2D eigenvalue weighted by molar-refractivity contribution is 6.22. The molecule has 0 saturated carbocycles. The molecule has 0 aliphatic heterocycles. The first-order valence-corrected chi connectivity index (χ1v) is 4.89. The molecule has 0 amide bonds. The average molecular weight is 235 g/mol. The topological polar surface area (TPSA) is 38.0 Å². The molecule has 15 heavy (non-hydrogen) atoms. The van der Waals surface area contributed by atoms with E-state index in [-0.39, 0.29) is 6.42 Å². The van der Waals surface area contributed by atoms with Crippen LogP contribution in [0.3, 0.4) is 0 Å². The Hall–Kier alpha value is -0.710. The summed E-state index contributed by atoms with van der Waals surface area (Å²) in [6, 6.07) is 6.03. The lowest BCUT2D eigenvalue weighted by molar-refractivity contribution is 0.0502. The van der Waals surface area contributed by atoms with Gasteiger partial charge in [-0.3, -0.25) is 5.84 Å². The largest absolute Gasteiger partial charge is 0.338 e. The Bertz CT molecular complexity index is 325. The summed E-state index contributed by atoms with van der Waals surface area (Å²) in [7, 11) is 0. The Balaban J connectivity index is 2.76. The molecule has 1 unspecified atom stereocenters. The van der Waals surface area contributed by atoms with Crippen molar-refractivity contribution in [2.75, 3.05) is 0 Å². The predicted molar refractivity (Wildman–Crippen MR) is 56.8 cm³/mol. The molecule has 0 heterocycles. The lowest BCUT2D eigenvalue weighted by atomic mass is 10.0. The van der Waals surface area contributed by atoms with Gasteiger partial charge in [-0.2, -0.15) is 8.78 Å². The van der Waals surface area contributed by atoms with E-state index in [2.05, 4.69) is 0 Å². The second-order valence-electron chi connectivity index (χ2n) is 3.45. The molecule has 0 radical (unpaired) electrons. The fourth-order valence-electron chi connectivity index (χ4n) is 1.34. The summed E-state index contributed by atoms with van der Waals surface area (Å²) >= 11 is 4.91. The number of rotatable bonds is 4. The van der Waals surface area contributed by atoms with Crippen molar-refractivity contribution in [1.29, 1.82) is 0 Å². The molecule has 0 aliphatic carbocycles. The zero-order chi connectivity index (χ0) is 11.5. The van der Waals surface area contributed by atoms with Crippen molar-refractivity contribution in [2.45, 2.75) is 24.8 Å². The first kappa shape index (κ1) is 12.4. The Morgan fingerprint density at radius 3 is 2.67 bits per heavy atom. The number of hydrogen-bond donors (Lipinski definition) is 2. The SMILES string of the molecule is Cc1cccc(CC(NN)C(F)(F)Cl)c1. The number of nitrogens with two attached hydrogens (primary N) is 1. The standard InChI is InChI=1S/C10H13ClF2N2/c1-7-3-2-4-8(5-7)6-9(15-14)10(11,12)13/h2-5,9,15H,6,14H2,1H3. The summed E-state index contributed by atoms with van der Waals surface area (Å²) in [6.45, 7) is 1.90. The third kappa shape index (κ3) is 3.74. The van der Waals surface area contributed by atoms with Crippen LogP contribution in [0.1, 0.15) is 11.1 Å². The van der Waals surface area contributed by atoms with Crippen molar-refractivity contribution in [2.24, 2.45) is 5.84 Å². The van der Waals surface area contributed by atoms with Crippen molar-refractivity contribution in [3.8, 4) is 0 Å². The maximum absolute atomic E-state index is 12.8. The second-order valence-corrected chi connectivity index (χ2v) is 3.96. The maximum Gasteiger partial charge on any atom is 0.338 e. The molecule has 5 heteroatoms. The predicted octanol–water partition coefficient (Wildman–Crippen LogP) is 2.20. The van der Waals surface area contributed by atoms with Crippen molar-refractivity contribution < 1.29 is 8.78 Å². The van der Waals surface area contributed by atoms with E-state index >= 15 is 0 Å². The maximum atomic E-state index is 12.8. The number of benzene rings is 1. The molecular weight excluding hydrogens is 222 g/mol. The first-order valence-electron chi connectivity index (χ1n) is 4.52. The smallest absolute Gasteiger partial charge is 0.271 e. The van der Waals surface area contributed by atoms with E-state index in [0.717, 1.165) is 11.1 Å². The van der Waals surface area contributed by atoms with Crippen molar-refractivity contribution in [3.05, 3.63) is 35.4 Å². The van der Waals surface area contributed by atoms with Gasteiger partial charge in [0.15, 0.2) is 0 Å². The number of hydrazine groups is 1. The highest BCUT2D eigenvalue weighted by atomic mass is 35.5. The van der Waals surface area contributed by atoms with Crippen LogP contribution in [0.15, 0.2) is 24.3 Å². The third-order valence-electron chi connectivity index (χ3n) is 2.12. The number of aryl methyl sites for hydroxylation is 1. The molecule has 3 N–H and O–H groups in total. The van der Waals surface area contributed by atoms with Gasteiger partial charge in [0.1, 0.15) is 6.04 Å². The van der Waals surface area contributed by atoms with Gasteiger partial charge in [-0.25, -0.2) is 5.43 Å². The van der Waals surface area contributed by atoms with Crippen LogP contribution in [0, 0.1) is 6.92 Å². The van der Waals surface area contributed by atoms with E-state index in [4.69, 9.17) is 17.4 Å². The fourth-order valence-corrected chi connectivity index (χ4v) is 1.48. The molecule has 0 fully saturated rings. The Kier molecular flexibility index (Phi) is 4.02. The van der Waals surface area contributed by atoms with Crippen molar-refractivity contribution >= 4 is 11.6 Å². The van der Waals surface area contributed by atoms with Crippen LogP contribution in [0.25, 0.3) is 0 Å². The molecule has 1 atom stereocenters. The van der Waals surface area contributed by atoms with Gasteiger partial charge in [0.25, 0.3) is 0 Å². The van der Waals surface area contributed by atoms with Gasteiger partial charge in [0, 0.05) is 0 Å². The molecule has 0 aromatic heterocycles. The molecule has 0 saturated heterocycles. The van der Waals surface area contributed by atoms with E-state index in [1.54, 1.807) is 6.07 Å². The third-order valence-corrected chi connectivity index (χ3v) is 2.38. The van der Waals surface area contributed by atoms with Crippen molar-refractivity contribution in [1.82, 2.24) is 5.43 Å². The minimum atomic E-state index is -3.35. The summed E-state index contributed by atoms with van der Waals surface area (Å²) in [6.07, 6.45) is 0.0919. The molecule has 2 nitrogen and oxygen atoms in total. The highest BCUT2D eigenvalue weighted by Gasteiger charge is 2.36. The molecule has 0 spiro atoms. The number of hydrogen-bond acceptors (Lipinski definition) is 2. The Labute approximate surface area is 92.4 Å². The Morgan fingerprint density at radius 1 is 1.53 bits per heavy atom. The van der Waals surface area contributed by atoms with Crippen LogP contribution in [-0.4, -0.2) is 11.4 Å². The molecular formula is C10H13ClF2N2. The van der Waals surface area contributed by atoms with Crippen LogP contribution in [0.5, 0.6) is 0 Å². The summed E-state index contributed by atoms with van der Waals surface area (Å²) in [5.74, 6) is 5.03. The van der Waals surface area contributed by atoms with Crippen LogP contribution in [0.4, 0.5) is 8.78 Å². The Morgan fingerprint density at radius 2 is 2.20 bits per heavy atom. The summed E-state index contributed by atoms with van der Waals surface area (Å²) < 4.78 is 25.6. The zero-order valence-corrected chi connectivity index (χ0v) is 9.06. The van der Waals surface area contributed by atoms with E-state index in [0.29, 0.717) is 0 Å². The van der Waals surface area contributed by atoms with Gasteiger partial charge >= 0.3 is 5.38 Å². The monoisotopic (exact) mass is 234 g/mol. The molecule has 0 bridgehead atoms. The first-order chi connectivity index (χ1) is 6.93. The van der Waals surface area contributed by atoms with Crippen LogP contribution >= 0.6 is 11.6 Å². The minimum Gasteiger partial charge on any atom is -0.271 e. The van der Waals surface area contributed by atoms with Crippen molar-refractivity contribution in [3.63, 3.8) is 0 Å². The molecule has 84 valence electrons. The highest BCUT2D eigenvalue weighted by Crippen LogP contribution is 2.25. The summed E-state index contributed by atoms with van der Waals surface area (Å²) in [4.78, 5) is 0. The lowest BCUT2D eigenvalue weighted by Crippen LogP contribution is -2.46. The van der Waals surface area contributed by atoms with E-state index < -0.39 is 11.4 Å². The molecule has 0 aliphatic rings. The van der Waals surface area contributed by atoms with Gasteiger partial charge in [0.2, 0.25) is 0 Å². The number of halogens is 3. The molecule has 1 aromatic carbocycles. The fraction of sp³-hybridized carbons (Fsp3) is 0.400. The average Bonchev–Trinajstić information content (AvgIpc) is 2.12. The van der Waals surface area contributed by atoms with Gasteiger partial charge in [0.05, 0.1) is 0 Å². The van der Waals surface area contributed by atoms with Gasteiger partial charge in [-0.05, 0) is 30.5 Å². The van der Waals surface area contributed by atoms with Crippen LogP contribution in [-0.2, 0) is 6.42 Å². The number of nitrogens with one attached hydrogen (secondary N) is 1. The number of alkyl halides is 3. The summed E-state index contributed by atoms with van der Waals surface area (Å²) in [5.41, 5.74) is 3.82. The van der Waals surface area contributed by atoms with Gasteiger partial charge in [-0.15, -0.1) is 0 Å². The van der Waals surface area contributed by atoms with E-state index in [1.165, 1.54) is 0 Å². The van der Waals surface area contributed by atoms with Gasteiger partial charge < -0.3 is 0 Å². The van der Waals surface area contributed by atoms with E-state index in [9.17, 15) is 8.78 Å². The van der Waals surface area contributed by atoms with Crippen LogP contribution < -0.4 is 11.3 Å². The summed E-state index contributed by atoms with van der Waals surface area (Å²) in [5, 5.41) is -3.35. The molecule has 1 aromatic rings. The van der Waals surface area contributed by atoms with Crippen LogP contribution in [0.2, 0.25) is 0 Å².